The Labute approximate surface area is 227 Å². The molecule has 7 nitrogen and oxygen atoms in total. The van der Waals surface area contributed by atoms with Crippen molar-refractivity contribution in [3.63, 3.8) is 0 Å². The van der Waals surface area contributed by atoms with Crippen LogP contribution < -0.4 is 9.64 Å². The number of hydrogen-bond donors (Lipinski definition) is 0. The van der Waals surface area contributed by atoms with E-state index in [1.807, 2.05) is 45.0 Å². The molecule has 2 aliphatic heterocycles. The highest BCUT2D eigenvalue weighted by Crippen LogP contribution is 2.30. The van der Waals surface area contributed by atoms with Crippen molar-refractivity contribution in [1.82, 2.24) is 4.90 Å². The van der Waals surface area contributed by atoms with E-state index < -0.39 is 0 Å². The molecule has 7 heteroatoms. The number of carbonyl (C=O) groups excluding carboxylic acids is 4. The minimum absolute atomic E-state index is 0.212. The summed E-state index contributed by atoms with van der Waals surface area (Å²) in [5, 5.41) is 0. The first-order chi connectivity index (χ1) is 18.8. The fourth-order valence-corrected chi connectivity index (χ4v) is 4.14. The van der Waals surface area contributed by atoms with Crippen LogP contribution in [0.4, 0.5) is 5.69 Å². The van der Waals surface area contributed by atoms with Gasteiger partial charge in [0.15, 0.2) is 0 Å². The number of nitrogens with zero attached hydrogens (tertiary/aromatic N) is 2. The van der Waals surface area contributed by atoms with Gasteiger partial charge in [-0.25, -0.2) is 4.90 Å². The fraction of sp³-hybridized carbons (Fsp3) is 0.125. The topological polar surface area (TPSA) is 84.0 Å². The number of imide groups is 2. The summed E-state index contributed by atoms with van der Waals surface area (Å²) in [6, 6.07) is 28.4. The van der Waals surface area contributed by atoms with Gasteiger partial charge in [0.2, 0.25) is 0 Å². The number of benzene rings is 4. The quantitative estimate of drug-likeness (QED) is 0.287. The molecule has 0 fully saturated rings. The smallest absolute Gasteiger partial charge is 0.266 e. The third-order valence-electron chi connectivity index (χ3n) is 6.14. The lowest BCUT2D eigenvalue weighted by Gasteiger charge is -2.14. The zero-order valence-electron chi connectivity index (χ0n) is 22.2. The van der Waals surface area contributed by atoms with Crippen LogP contribution in [-0.2, 0) is 0 Å². The Hall–Kier alpha value is -5.04. The molecule has 0 N–H and O–H groups in total. The van der Waals surface area contributed by atoms with E-state index in [0.717, 1.165) is 16.2 Å². The van der Waals surface area contributed by atoms with Crippen LogP contribution in [0.5, 0.6) is 11.5 Å². The van der Waals surface area contributed by atoms with Gasteiger partial charge in [0.25, 0.3) is 23.6 Å². The summed E-state index contributed by atoms with van der Waals surface area (Å²) in [5.41, 5.74) is 3.57. The van der Waals surface area contributed by atoms with Gasteiger partial charge in [-0.15, -0.1) is 0 Å². The summed E-state index contributed by atoms with van der Waals surface area (Å²) in [4.78, 5) is 49.9. The third-order valence-corrected chi connectivity index (χ3v) is 6.14. The maximum absolute atomic E-state index is 12.5. The number of rotatable bonds is 3. The first kappa shape index (κ1) is 27.0. The maximum atomic E-state index is 12.5. The summed E-state index contributed by atoms with van der Waals surface area (Å²) in [5.74, 6) is 0.357. The number of hydrogen-bond acceptors (Lipinski definition) is 5. The second-order valence-corrected chi connectivity index (χ2v) is 8.62. The first-order valence-corrected chi connectivity index (χ1v) is 12.6. The van der Waals surface area contributed by atoms with Crippen LogP contribution in [0.2, 0.25) is 0 Å². The van der Waals surface area contributed by atoms with Gasteiger partial charge >= 0.3 is 0 Å². The molecule has 0 saturated heterocycles. The minimum atomic E-state index is -0.298. The minimum Gasteiger partial charge on any atom is -0.457 e. The van der Waals surface area contributed by atoms with Crippen molar-refractivity contribution in [2.24, 2.45) is 0 Å². The van der Waals surface area contributed by atoms with Crippen LogP contribution in [0.15, 0.2) is 97.1 Å². The molecule has 0 bridgehead atoms. The molecule has 2 aliphatic rings. The van der Waals surface area contributed by atoms with Gasteiger partial charge < -0.3 is 4.74 Å². The third kappa shape index (κ3) is 5.33. The van der Waals surface area contributed by atoms with Gasteiger partial charge in [-0.2, -0.15) is 0 Å². The Balaban J connectivity index is 0.000000211. The highest BCUT2D eigenvalue weighted by molar-refractivity contribution is 6.34. The van der Waals surface area contributed by atoms with E-state index in [-0.39, 0.29) is 23.6 Å². The van der Waals surface area contributed by atoms with Crippen LogP contribution in [0.3, 0.4) is 0 Å². The van der Waals surface area contributed by atoms with Crippen LogP contribution in [-0.4, -0.2) is 35.6 Å². The zero-order chi connectivity index (χ0) is 28.1. The Kier molecular flexibility index (Phi) is 8.01. The molecule has 0 saturated carbocycles. The highest BCUT2D eigenvalue weighted by atomic mass is 16.5. The molecule has 0 unspecified atom stereocenters. The Bertz CT molecular complexity index is 1470. The Morgan fingerprint density at radius 1 is 0.513 bits per heavy atom. The van der Waals surface area contributed by atoms with E-state index in [0.29, 0.717) is 33.7 Å². The Morgan fingerprint density at radius 2 is 0.872 bits per heavy atom. The molecule has 0 radical (unpaired) electrons. The van der Waals surface area contributed by atoms with Gasteiger partial charge in [-0.3, -0.25) is 24.1 Å². The van der Waals surface area contributed by atoms with Crippen LogP contribution >= 0.6 is 0 Å². The largest absolute Gasteiger partial charge is 0.457 e. The van der Waals surface area contributed by atoms with Gasteiger partial charge in [0.05, 0.1) is 27.9 Å². The number of amides is 4. The summed E-state index contributed by atoms with van der Waals surface area (Å²) < 4.78 is 5.78. The van der Waals surface area contributed by atoms with Crippen molar-refractivity contribution in [2.45, 2.75) is 20.8 Å². The van der Waals surface area contributed by atoms with E-state index in [1.54, 1.807) is 72.8 Å². The number of fused-ring (bicyclic) bond motifs is 2. The molecule has 0 spiro atoms. The second kappa shape index (κ2) is 11.6. The molecule has 39 heavy (non-hydrogen) atoms. The van der Waals surface area contributed by atoms with Crippen LogP contribution in [0.25, 0.3) is 0 Å². The average molecular weight is 521 g/mol. The zero-order valence-corrected chi connectivity index (χ0v) is 22.2. The molecule has 6 rings (SSSR count). The van der Waals surface area contributed by atoms with E-state index in [2.05, 4.69) is 0 Å². The summed E-state index contributed by atoms with van der Waals surface area (Å²) in [6.45, 7) is 6.01. The predicted octanol–water partition coefficient (Wildman–Crippen LogP) is 6.53. The van der Waals surface area contributed by atoms with Crippen LogP contribution in [0.1, 0.15) is 60.8 Å². The number of ether oxygens (including phenoxy) is 1. The molecule has 0 aliphatic carbocycles. The lowest BCUT2D eigenvalue weighted by atomic mass is 10.1. The molecular formula is C32H28N2O5. The average Bonchev–Trinajstić information content (AvgIpc) is 3.36. The number of carbonyl (C=O) groups is 4. The predicted molar refractivity (Wildman–Crippen MR) is 149 cm³/mol. The van der Waals surface area contributed by atoms with Crippen molar-refractivity contribution in [1.29, 1.82) is 0 Å². The van der Waals surface area contributed by atoms with Gasteiger partial charge in [-0.1, -0.05) is 55.8 Å². The molecule has 4 amide bonds. The van der Waals surface area contributed by atoms with Gasteiger partial charge in [0.1, 0.15) is 11.5 Å². The standard InChI is InChI=1S/C21H15NO3.C9H7NO2.C2H6/c1-14-6-10-16(11-7-14)25-17-12-8-15(9-13-17)22-20(23)18-4-2-3-5-19(18)21(22)24;1-10-8(11)6-4-2-3-5-7(6)9(10)12;1-2/h2-13H,1H3;2-5H,1H3;1-2H3. The van der Waals surface area contributed by atoms with Gasteiger partial charge in [-0.05, 0) is 67.6 Å². The summed E-state index contributed by atoms with van der Waals surface area (Å²) in [7, 11) is 1.49. The van der Waals surface area contributed by atoms with E-state index >= 15 is 0 Å². The van der Waals surface area contributed by atoms with Crippen molar-refractivity contribution >= 4 is 29.3 Å². The molecule has 0 atom stereocenters. The molecule has 4 aromatic carbocycles. The fourth-order valence-electron chi connectivity index (χ4n) is 4.14. The molecule has 196 valence electrons. The molecule has 0 aromatic heterocycles. The first-order valence-electron chi connectivity index (χ1n) is 12.6. The summed E-state index contributed by atoms with van der Waals surface area (Å²) in [6.07, 6.45) is 0. The molecule has 4 aromatic rings. The highest BCUT2D eigenvalue weighted by Gasteiger charge is 2.36. The number of aryl methyl sites for hydroxylation is 1. The lowest BCUT2D eigenvalue weighted by molar-refractivity contribution is 0.0692. The van der Waals surface area contributed by atoms with Crippen molar-refractivity contribution < 1.29 is 23.9 Å². The molecule has 2 heterocycles. The Morgan fingerprint density at radius 3 is 1.28 bits per heavy atom. The van der Waals surface area contributed by atoms with E-state index in [1.165, 1.54) is 11.9 Å². The maximum Gasteiger partial charge on any atom is 0.266 e. The van der Waals surface area contributed by atoms with E-state index in [4.69, 9.17) is 4.74 Å². The normalized spacial score (nSPS) is 13.2. The van der Waals surface area contributed by atoms with Crippen molar-refractivity contribution in [3.05, 3.63) is 125 Å². The SMILES string of the molecule is CC.CN1C(=O)c2ccccc2C1=O.Cc1ccc(Oc2ccc(N3C(=O)c4ccccc4C3=O)cc2)cc1. The molecular weight excluding hydrogens is 492 g/mol. The van der Waals surface area contributed by atoms with E-state index in [9.17, 15) is 19.2 Å². The number of anilines is 1. The van der Waals surface area contributed by atoms with Crippen molar-refractivity contribution in [3.8, 4) is 11.5 Å². The van der Waals surface area contributed by atoms with Gasteiger partial charge in [0, 0.05) is 7.05 Å². The van der Waals surface area contributed by atoms with Crippen molar-refractivity contribution in [2.75, 3.05) is 11.9 Å². The lowest BCUT2D eigenvalue weighted by Crippen LogP contribution is -2.29. The monoisotopic (exact) mass is 520 g/mol. The second-order valence-electron chi connectivity index (χ2n) is 8.62. The summed E-state index contributed by atoms with van der Waals surface area (Å²) >= 11 is 0. The van der Waals surface area contributed by atoms with Crippen LogP contribution in [0, 0.1) is 6.92 Å².